The van der Waals surface area contributed by atoms with E-state index in [9.17, 15) is 0 Å². The second-order valence-electron chi connectivity index (χ2n) is 2.97. The molecule has 72 valence electrons. The van der Waals surface area contributed by atoms with Gasteiger partial charge in [0.05, 0.1) is 19.9 Å². The molecule has 0 spiro atoms. The van der Waals surface area contributed by atoms with Crippen LogP contribution in [0.3, 0.4) is 0 Å². The van der Waals surface area contributed by atoms with E-state index >= 15 is 0 Å². The molecule has 0 heterocycles. The fourth-order valence-electron chi connectivity index (χ4n) is 1.56. The smallest absolute Gasteiger partial charge is 0.148 e. The number of nitrogens with two attached hydrogens (primary N) is 1. The molecule has 2 N–H and O–H groups in total. The first kappa shape index (κ1) is 9.71. The molecule has 1 aromatic rings. The Bertz CT molecular complexity index is 293. The third-order valence-electron chi connectivity index (χ3n) is 2.08. The molecule has 0 bridgehead atoms. The topological polar surface area (TPSA) is 44.5 Å². The van der Waals surface area contributed by atoms with Crippen LogP contribution in [0.2, 0.25) is 0 Å². The van der Waals surface area contributed by atoms with Crippen LogP contribution < -0.4 is 15.2 Å². The molecule has 3 nitrogen and oxygen atoms in total. The summed E-state index contributed by atoms with van der Waals surface area (Å²) >= 11 is 0. The van der Waals surface area contributed by atoms with Crippen LogP contribution in [0.5, 0.6) is 11.5 Å². The highest BCUT2D eigenvalue weighted by Crippen LogP contribution is 2.35. The van der Waals surface area contributed by atoms with Crippen LogP contribution >= 0.6 is 0 Å². The van der Waals surface area contributed by atoms with Gasteiger partial charge in [-0.05, 0) is 25.5 Å². The minimum Gasteiger partial charge on any atom is -0.496 e. The van der Waals surface area contributed by atoms with Crippen molar-refractivity contribution in [1.82, 2.24) is 0 Å². The summed E-state index contributed by atoms with van der Waals surface area (Å²) in [5.74, 6) is 1.54. The summed E-state index contributed by atoms with van der Waals surface area (Å²) in [7, 11) is 3.25. The van der Waals surface area contributed by atoms with Crippen molar-refractivity contribution < 1.29 is 9.47 Å². The average Bonchev–Trinajstić information content (AvgIpc) is 2.04. The third-order valence-corrected chi connectivity index (χ3v) is 2.08. The van der Waals surface area contributed by atoms with Gasteiger partial charge in [0.1, 0.15) is 11.5 Å². The van der Waals surface area contributed by atoms with Crippen LogP contribution in [0.4, 0.5) is 5.69 Å². The van der Waals surface area contributed by atoms with Gasteiger partial charge in [-0.15, -0.1) is 0 Å². The molecule has 0 aliphatic heterocycles. The lowest BCUT2D eigenvalue weighted by Gasteiger charge is -2.14. The molecule has 1 aromatic carbocycles. The van der Waals surface area contributed by atoms with E-state index in [2.05, 4.69) is 0 Å². The van der Waals surface area contributed by atoms with Crippen LogP contribution in [0.25, 0.3) is 0 Å². The summed E-state index contributed by atoms with van der Waals surface area (Å²) in [6.45, 7) is 3.89. The zero-order valence-corrected chi connectivity index (χ0v) is 8.47. The number of ether oxygens (including phenoxy) is 2. The van der Waals surface area contributed by atoms with Gasteiger partial charge in [-0.25, -0.2) is 0 Å². The molecule has 0 saturated heterocycles. The van der Waals surface area contributed by atoms with Crippen LogP contribution in [-0.2, 0) is 0 Å². The maximum absolute atomic E-state index is 5.78. The predicted molar refractivity (Wildman–Crippen MR) is 53.4 cm³/mol. The van der Waals surface area contributed by atoms with Gasteiger partial charge in [0.15, 0.2) is 0 Å². The first-order valence-corrected chi connectivity index (χ1v) is 4.09. The van der Waals surface area contributed by atoms with Crippen LogP contribution in [-0.4, -0.2) is 14.2 Å². The second-order valence-corrected chi connectivity index (χ2v) is 2.97. The Balaban J connectivity index is 3.39. The molecule has 0 fully saturated rings. The fraction of sp³-hybridized carbons (Fsp3) is 0.400. The Hall–Kier alpha value is -1.38. The summed E-state index contributed by atoms with van der Waals surface area (Å²) in [6, 6.07) is 1.85. The number of hydrogen-bond donors (Lipinski definition) is 1. The SMILES string of the molecule is COc1c(C)cc(N)c(OC)c1C. The van der Waals surface area contributed by atoms with E-state index in [1.165, 1.54) is 0 Å². The second kappa shape index (κ2) is 3.56. The first-order valence-electron chi connectivity index (χ1n) is 4.09. The lowest BCUT2D eigenvalue weighted by molar-refractivity contribution is 0.388. The standard InChI is InChI=1S/C10H15NO2/c1-6-5-8(11)10(13-4)7(2)9(6)12-3/h5H,11H2,1-4H3. The molecule has 0 radical (unpaired) electrons. The van der Waals surface area contributed by atoms with Gasteiger partial charge in [0, 0.05) is 5.56 Å². The highest BCUT2D eigenvalue weighted by molar-refractivity contribution is 5.64. The Labute approximate surface area is 78.5 Å². The quantitative estimate of drug-likeness (QED) is 0.709. The molecular formula is C10H15NO2. The normalized spacial score (nSPS) is 9.85. The highest BCUT2D eigenvalue weighted by atomic mass is 16.5. The molecule has 13 heavy (non-hydrogen) atoms. The maximum atomic E-state index is 5.78. The van der Waals surface area contributed by atoms with Gasteiger partial charge >= 0.3 is 0 Å². The lowest BCUT2D eigenvalue weighted by atomic mass is 10.1. The molecule has 0 aliphatic rings. The molecular weight excluding hydrogens is 166 g/mol. The van der Waals surface area contributed by atoms with E-state index in [0.29, 0.717) is 11.4 Å². The number of anilines is 1. The summed E-state index contributed by atoms with van der Waals surface area (Å²) < 4.78 is 10.4. The minimum absolute atomic E-state index is 0.651. The Morgan fingerprint density at radius 2 is 1.62 bits per heavy atom. The summed E-state index contributed by atoms with van der Waals surface area (Å²) in [4.78, 5) is 0. The number of methoxy groups -OCH3 is 2. The summed E-state index contributed by atoms with van der Waals surface area (Å²) in [5, 5.41) is 0. The molecule has 0 saturated carbocycles. The Morgan fingerprint density at radius 3 is 2.08 bits per heavy atom. The molecule has 0 aliphatic carbocycles. The predicted octanol–water partition coefficient (Wildman–Crippen LogP) is 1.90. The maximum Gasteiger partial charge on any atom is 0.148 e. The number of benzene rings is 1. The van der Waals surface area contributed by atoms with Crippen molar-refractivity contribution in [2.24, 2.45) is 0 Å². The van der Waals surface area contributed by atoms with Crippen molar-refractivity contribution in [1.29, 1.82) is 0 Å². The van der Waals surface area contributed by atoms with Gasteiger partial charge in [0.25, 0.3) is 0 Å². The zero-order chi connectivity index (χ0) is 10.0. The molecule has 1 rings (SSSR count). The third kappa shape index (κ3) is 1.54. The van der Waals surface area contributed by atoms with E-state index in [1.807, 2.05) is 19.9 Å². The number of aryl methyl sites for hydroxylation is 1. The first-order chi connectivity index (χ1) is 6.11. The molecule has 0 unspecified atom stereocenters. The van der Waals surface area contributed by atoms with Crippen molar-refractivity contribution in [2.45, 2.75) is 13.8 Å². The van der Waals surface area contributed by atoms with Gasteiger partial charge in [-0.2, -0.15) is 0 Å². The van der Waals surface area contributed by atoms with Crippen molar-refractivity contribution >= 4 is 5.69 Å². The van der Waals surface area contributed by atoms with Gasteiger partial charge < -0.3 is 15.2 Å². The minimum atomic E-state index is 0.651. The van der Waals surface area contributed by atoms with Crippen molar-refractivity contribution in [3.63, 3.8) is 0 Å². The summed E-state index contributed by atoms with van der Waals surface area (Å²) in [5.41, 5.74) is 8.40. The van der Waals surface area contributed by atoms with Crippen LogP contribution in [0, 0.1) is 13.8 Å². The zero-order valence-electron chi connectivity index (χ0n) is 8.47. The van der Waals surface area contributed by atoms with Crippen molar-refractivity contribution in [3.05, 3.63) is 17.2 Å². The van der Waals surface area contributed by atoms with E-state index < -0.39 is 0 Å². The lowest BCUT2D eigenvalue weighted by Crippen LogP contribution is -1.99. The van der Waals surface area contributed by atoms with Crippen LogP contribution in [0.1, 0.15) is 11.1 Å². The van der Waals surface area contributed by atoms with E-state index in [-0.39, 0.29) is 0 Å². The fourth-order valence-corrected chi connectivity index (χ4v) is 1.56. The molecule has 0 atom stereocenters. The van der Waals surface area contributed by atoms with Gasteiger partial charge in [-0.1, -0.05) is 0 Å². The Kier molecular flexibility index (Phi) is 2.66. The van der Waals surface area contributed by atoms with Gasteiger partial charge in [-0.3, -0.25) is 0 Å². The van der Waals surface area contributed by atoms with Crippen molar-refractivity contribution in [3.8, 4) is 11.5 Å². The molecule has 0 amide bonds. The molecule has 0 aromatic heterocycles. The van der Waals surface area contributed by atoms with Crippen molar-refractivity contribution in [2.75, 3.05) is 20.0 Å². The van der Waals surface area contributed by atoms with E-state index in [4.69, 9.17) is 15.2 Å². The average molecular weight is 181 g/mol. The number of hydrogen-bond acceptors (Lipinski definition) is 3. The number of nitrogen functional groups attached to an aromatic ring is 1. The molecule has 3 heteroatoms. The monoisotopic (exact) mass is 181 g/mol. The van der Waals surface area contributed by atoms with Crippen LogP contribution in [0.15, 0.2) is 6.07 Å². The van der Waals surface area contributed by atoms with Gasteiger partial charge in [0.2, 0.25) is 0 Å². The number of rotatable bonds is 2. The van der Waals surface area contributed by atoms with E-state index in [0.717, 1.165) is 16.9 Å². The van der Waals surface area contributed by atoms with E-state index in [1.54, 1.807) is 14.2 Å². The Morgan fingerprint density at radius 1 is 1.08 bits per heavy atom. The largest absolute Gasteiger partial charge is 0.496 e. The highest BCUT2D eigenvalue weighted by Gasteiger charge is 2.11. The summed E-state index contributed by atoms with van der Waals surface area (Å²) in [6.07, 6.45) is 0.